The Morgan fingerprint density at radius 1 is 1.21 bits per heavy atom. The second-order valence-corrected chi connectivity index (χ2v) is 2.66. The van der Waals surface area contributed by atoms with Crippen LogP contribution < -0.4 is 5.32 Å². The predicted octanol–water partition coefficient (Wildman–Crippen LogP) is -0.948. The molecule has 6 nitrogen and oxygen atoms in total. The van der Waals surface area contributed by atoms with Gasteiger partial charge in [0.25, 0.3) is 0 Å². The zero-order valence-electron chi connectivity index (χ0n) is 7.51. The second kappa shape index (κ2) is 7.05. The van der Waals surface area contributed by atoms with E-state index in [0.29, 0.717) is 12.2 Å². The van der Waals surface area contributed by atoms with Crippen molar-refractivity contribution in [3.8, 4) is 0 Å². The fraction of sp³-hybridized carbons (Fsp3) is 0.500. The second-order valence-electron chi connectivity index (χ2n) is 2.66. The van der Waals surface area contributed by atoms with Crippen molar-refractivity contribution in [3.05, 3.63) is 12.2 Å². The summed E-state index contributed by atoms with van der Waals surface area (Å²) in [6.45, 7) is 1.78. The Bertz CT molecular complexity index is 204. The molecule has 0 amide bonds. The number of hydrogen-bond acceptors (Lipinski definition) is 4. The van der Waals surface area contributed by atoms with Gasteiger partial charge in [-0.3, -0.25) is 0 Å². The number of hydrogen-bond donors (Lipinski definition) is 4. The van der Waals surface area contributed by atoms with Crippen LogP contribution in [0.3, 0.4) is 0 Å². The molecule has 14 heavy (non-hydrogen) atoms. The Balaban J connectivity index is 0.000000249. The lowest BCUT2D eigenvalue weighted by atomic mass is 10.3. The lowest BCUT2D eigenvalue weighted by Gasteiger charge is -1.90. The van der Waals surface area contributed by atoms with Gasteiger partial charge < -0.3 is 20.6 Å². The van der Waals surface area contributed by atoms with E-state index >= 15 is 0 Å². The molecular formula is C8H13NO5. The van der Waals surface area contributed by atoms with E-state index in [1.807, 2.05) is 0 Å². The van der Waals surface area contributed by atoms with E-state index in [2.05, 4.69) is 5.32 Å². The number of aliphatic carboxylic acids is 2. The smallest absolute Gasteiger partial charge is 0.328 e. The lowest BCUT2D eigenvalue weighted by molar-refractivity contribution is -0.134. The van der Waals surface area contributed by atoms with E-state index in [1.54, 1.807) is 0 Å². The molecule has 0 spiro atoms. The molecule has 1 heterocycles. The summed E-state index contributed by atoms with van der Waals surface area (Å²) in [6.07, 6.45) is 1.98. The first kappa shape index (κ1) is 12.6. The Hall–Kier alpha value is -1.40. The van der Waals surface area contributed by atoms with Crippen LogP contribution in [0.1, 0.15) is 6.42 Å². The highest BCUT2D eigenvalue weighted by molar-refractivity contribution is 5.89. The van der Waals surface area contributed by atoms with E-state index < -0.39 is 11.9 Å². The van der Waals surface area contributed by atoms with Gasteiger partial charge in [0.05, 0.1) is 6.10 Å². The van der Waals surface area contributed by atoms with Crippen LogP contribution in [0.25, 0.3) is 0 Å². The summed E-state index contributed by atoms with van der Waals surface area (Å²) < 4.78 is 0. The topological polar surface area (TPSA) is 107 Å². The highest BCUT2D eigenvalue weighted by Crippen LogP contribution is 1.93. The van der Waals surface area contributed by atoms with Gasteiger partial charge in [0.1, 0.15) is 0 Å². The number of rotatable bonds is 2. The molecule has 0 aromatic carbocycles. The van der Waals surface area contributed by atoms with Crippen LogP contribution in [-0.2, 0) is 9.59 Å². The summed E-state index contributed by atoms with van der Waals surface area (Å²) in [7, 11) is 0. The Morgan fingerprint density at radius 2 is 1.71 bits per heavy atom. The zero-order valence-corrected chi connectivity index (χ0v) is 7.51. The largest absolute Gasteiger partial charge is 0.478 e. The molecule has 1 fully saturated rings. The van der Waals surface area contributed by atoms with Crippen molar-refractivity contribution >= 4 is 11.9 Å². The number of β-amino-alcohol motifs (C(OH)–C–C–N with tert-alkyl or cyclic N) is 1. The van der Waals surface area contributed by atoms with Crippen LogP contribution in [0.4, 0.5) is 0 Å². The maximum absolute atomic E-state index is 9.55. The summed E-state index contributed by atoms with van der Waals surface area (Å²) in [4.78, 5) is 19.1. The third kappa shape index (κ3) is 8.69. The summed E-state index contributed by atoms with van der Waals surface area (Å²) in [6, 6.07) is 0. The van der Waals surface area contributed by atoms with E-state index in [-0.39, 0.29) is 6.10 Å². The van der Waals surface area contributed by atoms with E-state index in [4.69, 9.17) is 15.3 Å². The number of carboxylic acids is 2. The molecule has 6 heteroatoms. The summed E-state index contributed by atoms with van der Waals surface area (Å²) >= 11 is 0. The van der Waals surface area contributed by atoms with Gasteiger partial charge in [-0.2, -0.15) is 0 Å². The predicted molar refractivity (Wildman–Crippen MR) is 47.9 cm³/mol. The molecule has 1 aliphatic rings. The van der Waals surface area contributed by atoms with E-state index in [1.165, 1.54) is 0 Å². The summed E-state index contributed by atoms with van der Waals surface area (Å²) in [5, 5.41) is 27.3. The SMILES string of the molecule is O=C(O)/C=C\C(=O)O.OC1CCNC1. The van der Waals surface area contributed by atoms with Crippen molar-refractivity contribution < 1.29 is 24.9 Å². The minimum absolute atomic E-state index is 0.0648. The van der Waals surface area contributed by atoms with Crippen LogP contribution in [0, 0.1) is 0 Å². The van der Waals surface area contributed by atoms with Gasteiger partial charge in [0.15, 0.2) is 0 Å². The van der Waals surface area contributed by atoms with E-state index in [9.17, 15) is 9.59 Å². The maximum Gasteiger partial charge on any atom is 0.328 e. The molecule has 0 saturated carbocycles. The minimum atomic E-state index is -1.26. The summed E-state index contributed by atoms with van der Waals surface area (Å²) in [5.41, 5.74) is 0. The molecule has 0 aliphatic carbocycles. The quantitative estimate of drug-likeness (QED) is 0.431. The van der Waals surface area contributed by atoms with Crippen molar-refractivity contribution in [2.75, 3.05) is 13.1 Å². The number of carbonyl (C=O) groups is 2. The normalized spacial score (nSPS) is 20.2. The van der Waals surface area contributed by atoms with Crippen LogP contribution in [0.5, 0.6) is 0 Å². The van der Waals surface area contributed by atoms with Crippen LogP contribution in [-0.4, -0.2) is 46.5 Å². The fourth-order valence-corrected chi connectivity index (χ4v) is 0.782. The van der Waals surface area contributed by atoms with E-state index in [0.717, 1.165) is 19.5 Å². The average molecular weight is 203 g/mol. The third-order valence-corrected chi connectivity index (χ3v) is 1.40. The Morgan fingerprint density at radius 3 is 1.86 bits per heavy atom. The molecule has 0 aromatic rings. The first-order valence-electron chi connectivity index (χ1n) is 4.05. The average Bonchev–Trinajstić information content (AvgIpc) is 2.53. The monoisotopic (exact) mass is 203 g/mol. The van der Waals surface area contributed by atoms with Crippen molar-refractivity contribution in [1.29, 1.82) is 0 Å². The molecule has 1 unspecified atom stereocenters. The van der Waals surface area contributed by atoms with Crippen molar-refractivity contribution in [2.45, 2.75) is 12.5 Å². The van der Waals surface area contributed by atoms with Crippen LogP contribution in [0.15, 0.2) is 12.2 Å². The molecule has 0 bridgehead atoms. The Kier molecular flexibility index (Phi) is 6.34. The van der Waals surface area contributed by atoms with Crippen LogP contribution >= 0.6 is 0 Å². The summed E-state index contributed by atoms with van der Waals surface area (Å²) in [5.74, 6) is -2.51. The Labute approximate surface area is 80.9 Å². The van der Waals surface area contributed by atoms with Gasteiger partial charge in [0.2, 0.25) is 0 Å². The molecule has 80 valence electrons. The van der Waals surface area contributed by atoms with Crippen molar-refractivity contribution in [1.82, 2.24) is 5.32 Å². The third-order valence-electron chi connectivity index (χ3n) is 1.40. The zero-order chi connectivity index (χ0) is 11.0. The van der Waals surface area contributed by atoms with Gasteiger partial charge >= 0.3 is 11.9 Å². The number of aliphatic hydroxyl groups excluding tert-OH is 1. The molecule has 1 rings (SSSR count). The lowest BCUT2D eigenvalue weighted by Crippen LogP contribution is -2.11. The van der Waals surface area contributed by atoms with Gasteiger partial charge in [-0.1, -0.05) is 0 Å². The molecule has 4 N–H and O–H groups in total. The van der Waals surface area contributed by atoms with Crippen LogP contribution in [0.2, 0.25) is 0 Å². The van der Waals surface area contributed by atoms with Gasteiger partial charge in [-0.15, -0.1) is 0 Å². The molecule has 1 saturated heterocycles. The van der Waals surface area contributed by atoms with Crippen molar-refractivity contribution in [2.24, 2.45) is 0 Å². The molecule has 1 aliphatic heterocycles. The first-order chi connectivity index (χ1) is 6.52. The minimum Gasteiger partial charge on any atom is -0.478 e. The number of carboxylic acid groups (broad SMARTS) is 2. The first-order valence-corrected chi connectivity index (χ1v) is 4.05. The molecule has 0 radical (unpaired) electrons. The maximum atomic E-state index is 9.55. The molecule has 1 atom stereocenters. The fourth-order valence-electron chi connectivity index (χ4n) is 0.782. The number of nitrogens with one attached hydrogen (secondary N) is 1. The van der Waals surface area contributed by atoms with Gasteiger partial charge in [-0.25, -0.2) is 9.59 Å². The highest BCUT2D eigenvalue weighted by atomic mass is 16.4. The molecular weight excluding hydrogens is 190 g/mol. The highest BCUT2D eigenvalue weighted by Gasteiger charge is 2.08. The van der Waals surface area contributed by atoms with Gasteiger partial charge in [0, 0.05) is 18.7 Å². The molecule has 0 aromatic heterocycles. The standard InChI is InChI=1S/C4H9NO.C4H4O4/c6-4-1-2-5-3-4;5-3(6)1-2-4(7)8/h4-6H,1-3H2;1-2H,(H,5,6)(H,7,8)/b;2-1-. The van der Waals surface area contributed by atoms with Crippen molar-refractivity contribution in [3.63, 3.8) is 0 Å². The van der Waals surface area contributed by atoms with Gasteiger partial charge in [-0.05, 0) is 13.0 Å². The number of aliphatic hydroxyl groups is 1.